The van der Waals surface area contributed by atoms with Crippen molar-refractivity contribution in [3.8, 4) is 0 Å². The predicted molar refractivity (Wildman–Crippen MR) is 80.7 cm³/mol. The second-order valence-electron chi connectivity index (χ2n) is 4.83. The van der Waals surface area contributed by atoms with Crippen LogP contribution in [-0.2, 0) is 4.74 Å². The number of anilines is 1. The van der Waals surface area contributed by atoms with Gasteiger partial charge < -0.3 is 20.1 Å². The molecule has 0 aromatic heterocycles. The summed E-state index contributed by atoms with van der Waals surface area (Å²) in [4.78, 5) is 2.21. The SMILES string of the molecule is CNC(C)c1ccc(N2CCOCC2CO)c(Br)c1. The summed E-state index contributed by atoms with van der Waals surface area (Å²) >= 11 is 3.64. The average Bonchev–Trinajstić information content (AvgIpc) is 2.46. The molecule has 1 aliphatic heterocycles. The normalized spacial score (nSPS) is 21.5. The van der Waals surface area contributed by atoms with Gasteiger partial charge in [-0.2, -0.15) is 0 Å². The number of ether oxygens (including phenoxy) is 1. The smallest absolute Gasteiger partial charge is 0.0755 e. The van der Waals surface area contributed by atoms with Gasteiger partial charge in [0, 0.05) is 17.1 Å². The Morgan fingerprint density at radius 1 is 1.58 bits per heavy atom. The zero-order valence-corrected chi connectivity index (χ0v) is 13.0. The van der Waals surface area contributed by atoms with Crippen LogP contribution < -0.4 is 10.2 Å². The molecule has 4 nitrogen and oxygen atoms in total. The largest absolute Gasteiger partial charge is 0.394 e. The van der Waals surface area contributed by atoms with Crippen LogP contribution in [0.1, 0.15) is 18.5 Å². The molecule has 2 atom stereocenters. The number of benzene rings is 1. The van der Waals surface area contributed by atoms with Crippen molar-refractivity contribution in [1.29, 1.82) is 0 Å². The van der Waals surface area contributed by atoms with E-state index in [2.05, 4.69) is 51.3 Å². The van der Waals surface area contributed by atoms with Crippen LogP contribution in [0.3, 0.4) is 0 Å². The molecule has 2 rings (SSSR count). The number of nitrogens with one attached hydrogen (secondary N) is 1. The number of halogens is 1. The Morgan fingerprint density at radius 2 is 2.37 bits per heavy atom. The summed E-state index contributed by atoms with van der Waals surface area (Å²) in [6, 6.07) is 6.74. The maximum Gasteiger partial charge on any atom is 0.0755 e. The molecule has 1 heterocycles. The molecule has 19 heavy (non-hydrogen) atoms. The fourth-order valence-electron chi connectivity index (χ4n) is 2.32. The van der Waals surface area contributed by atoms with Gasteiger partial charge in [-0.1, -0.05) is 6.07 Å². The molecule has 1 aliphatic rings. The zero-order valence-electron chi connectivity index (χ0n) is 11.4. The number of hydrogen-bond acceptors (Lipinski definition) is 4. The summed E-state index contributed by atoms with van der Waals surface area (Å²) in [6.07, 6.45) is 0. The summed E-state index contributed by atoms with van der Waals surface area (Å²) < 4.78 is 6.48. The molecule has 1 aromatic carbocycles. The van der Waals surface area contributed by atoms with Crippen LogP contribution in [0.4, 0.5) is 5.69 Å². The first kappa shape index (κ1) is 14.8. The molecule has 0 bridgehead atoms. The molecule has 2 unspecified atom stereocenters. The lowest BCUT2D eigenvalue weighted by molar-refractivity contribution is 0.0726. The number of morpholine rings is 1. The van der Waals surface area contributed by atoms with Gasteiger partial charge in [0.1, 0.15) is 0 Å². The number of hydrogen-bond donors (Lipinski definition) is 2. The third kappa shape index (κ3) is 3.28. The van der Waals surface area contributed by atoms with E-state index in [0.29, 0.717) is 19.3 Å². The van der Waals surface area contributed by atoms with E-state index in [-0.39, 0.29) is 12.6 Å². The molecular formula is C14H21BrN2O2. The third-order valence-corrected chi connectivity index (χ3v) is 4.29. The van der Waals surface area contributed by atoms with E-state index in [1.165, 1.54) is 5.56 Å². The summed E-state index contributed by atoms with van der Waals surface area (Å²) in [6.45, 7) is 4.34. The Labute approximate surface area is 122 Å². The van der Waals surface area contributed by atoms with Gasteiger partial charge in [0.2, 0.25) is 0 Å². The molecule has 0 saturated carbocycles. The van der Waals surface area contributed by atoms with Gasteiger partial charge in [-0.15, -0.1) is 0 Å². The number of nitrogens with zero attached hydrogens (tertiary/aromatic N) is 1. The number of aliphatic hydroxyl groups is 1. The summed E-state index contributed by atoms with van der Waals surface area (Å²) in [7, 11) is 1.95. The van der Waals surface area contributed by atoms with Crippen molar-refractivity contribution in [2.45, 2.75) is 19.0 Å². The van der Waals surface area contributed by atoms with Gasteiger partial charge in [-0.3, -0.25) is 0 Å². The summed E-state index contributed by atoms with van der Waals surface area (Å²) in [5.74, 6) is 0. The van der Waals surface area contributed by atoms with Crippen molar-refractivity contribution >= 4 is 21.6 Å². The van der Waals surface area contributed by atoms with E-state index >= 15 is 0 Å². The Bertz CT molecular complexity index is 428. The lowest BCUT2D eigenvalue weighted by Gasteiger charge is -2.37. The fourth-order valence-corrected chi connectivity index (χ4v) is 2.94. The third-order valence-electron chi connectivity index (χ3n) is 3.65. The summed E-state index contributed by atoms with van der Waals surface area (Å²) in [5.41, 5.74) is 2.36. The van der Waals surface area contributed by atoms with E-state index in [1.54, 1.807) is 0 Å². The van der Waals surface area contributed by atoms with Gasteiger partial charge in [0.25, 0.3) is 0 Å². The fraction of sp³-hybridized carbons (Fsp3) is 0.571. The lowest BCUT2D eigenvalue weighted by Crippen LogP contribution is -2.47. The molecule has 1 aromatic rings. The molecule has 0 radical (unpaired) electrons. The van der Waals surface area contributed by atoms with E-state index in [1.807, 2.05) is 7.05 Å². The van der Waals surface area contributed by atoms with Crippen molar-refractivity contribution < 1.29 is 9.84 Å². The second kappa shape index (κ2) is 6.70. The minimum Gasteiger partial charge on any atom is -0.394 e. The Balaban J connectivity index is 2.24. The maximum absolute atomic E-state index is 9.45. The lowest BCUT2D eigenvalue weighted by atomic mass is 10.1. The van der Waals surface area contributed by atoms with Crippen LogP contribution in [0.15, 0.2) is 22.7 Å². The first-order chi connectivity index (χ1) is 9.17. The van der Waals surface area contributed by atoms with Crippen molar-refractivity contribution in [1.82, 2.24) is 5.32 Å². The number of aliphatic hydroxyl groups excluding tert-OH is 1. The predicted octanol–water partition coefficient (Wildman–Crippen LogP) is 1.93. The molecule has 5 heteroatoms. The van der Waals surface area contributed by atoms with Crippen LogP contribution in [-0.4, -0.2) is 44.6 Å². The molecule has 0 spiro atoms. The van der Waals surface area contributed by atoms with Gasteiger partial charge >= 0.3 is 0 Å². The highest BCUT2D eigenvalue weighted by Crippen LogP contribution is 2.31. The quantitative estimate of drug-likeness (QED) is 0.886. The Hall–Kier alpha value is -0.620. The van der Waals surface area contributed by atoms with Crippen LogP contribution in [0.5, 0.6) is 0 Å². The first-order valence-electron chi connectivity index (χ1n) is 6.59. The highest BCUT2D eigenvalue weighted by atomic mass is 79.9. The monoisotopic (exact) mass is 328 g/mol. The van der Waals surface area contributed by atoms with Gasteiger partial charge in [0.05, 0.1) is 31.5 Å². The van der Waals surface area contributed by atoms with E-state index < -0.39 is 0 Å². The average molecular weight is 329 g/mol. The number of rotatable bonds is 4. The minimum atomic E-state index is 0.0395. The first-order valence-corrected chi connectivity index (χ1v) is 7.38. The molecule has 0 aliphatic carbocycles. The molecule has 2 N–H and O–H groups in total. The van der Waals surface area contributed by atoms with Crippen LogP contribution >= 0.6 is 15.9 Å². The van der Waals surface area contributed by atoms with E-state index in [4.69, 9.17) is 4.74 Å². The van der Waals surface area contributed by atoms with Crippen molar-refractivity contribution in [2.75, 3.05) is 38.3 Å². The standard InChI is InChI=1S/C14H21BrN2O2/c1-10(16-2)11-3-4-14(13(15)7-11)17-5-6-19-9-12(17)8-18/h3-4,7,10,12,16,18H,5-6,8-9H2,1-2H3. The van der Waals surface area contributed by atoms with Gasteiger partial charge in [0.15, 0.2) is 0 Å². The molecular weight excluding hydrogens is 308 g/mol. The molecule has 106 valence electrons. The Kier molecular flexibility index (Phi) is 5.21. The van der Waals surface area contributed by atoms with Gasteiger partial charge in [-0.25, -0.2) is 0 Å². The highest BCUT2D eigenvalue weighted by molar-refractivity contribution is 9.10. The zero-order chi connectivity index (χ0) is 13.8. The maximum atomic E-state index is 9.45. The molecule has 1 saturated heterocycles. The minimum absolute atomic E-state index is 0.0395. The summed E-state index contributed by atoms with van der Waals surface area (Å²) in [5, 5.41) is 12.7. The molecule has 1 fully saturated rings. The van der Waals surface area contributed by atoms with Crippen LogP contribution in [0.2, 0.25) is 0 Å². The Morgan fingerprint density at radius 3 is 3.00 bits per heavy atom. The van der Waals surface area contributed by atoms with Crippen LogP contribution in [0.25, 0.3) is 0 Å². The van der Waals surface area contributed by atoms with Crippen molar-refractivity contribution in [2.24, 2.45) is 0 Å². The second-order valence-corrected chi connectivity index (χ2v) is 5.68. The van der Waals surface area contributed by atoms with E-state index in [0.717, 1.165) is 16.7 Å². The van der Waals surface area contributed by atoms with Crippen molar-refractivity contribution in [3.63, 3.8) is 0 Å². The highest BCUT2D eigenvalue weighted by Gasteiger charge is 2.24. The van der Waals surface area contributed by atoms with Crippen LogP contribution in [0, 0.1) is 0 Å². The molecule has 0 amide bonds. The van der Waals surface area contributed by atoms with E-state index in [9.17, 15) is 5.11 Å². The van der Waals surface area contributed by atoms with Gasteiger partial charge in [-0.05, 0) is 47.6 Å². The topological polar surface area (TPSA) is 44.7 Å². The van der Waals surface area contributed by atoms with Crippen molar-refractivity contribution in [3.05, 3.63) is 28.2 Å².